The summed E-state index contributed by atoms with van der Waals surface area (Å²) < 4.78 is 6.14. The molecule has 3 unspecified atom stereocenters. The standard InChI is InChI=1S/C16H24N2O/c1-10-5-7-14(8-12(10)3)19-15-9-13(16(17)18)6-4-11(15)2/h4,6,9-10,12,14H,5,7-8H2,1-3H3,(H3,17,18). The largest absolute Gasteiger partial charge is 0.490 e. The highest BCUT2D eigenvalue weighted by Gasteiger charge is 2.26. The minimum atomic E-state index is 0.0930. The van der Waals surface area contributed by atoms with Crippen LogP contribution in [0.2, 0.25) is 0 Å². The summed E-state index contributed by atoms with van der Waals surface area (Å²) in [5, 5.41) is 7.50. The van der Waals surface area contributed by atoms with Crippen LogP contribution < -0.4 is 10.5 Å². The molecule has 1 aromatic rings. The molecule has 1 fully saturated rings. The third-order valence-corrected chi connectivity index (χ3v) is 4.34. The number of aryl methyl sites for hydroxylation is 1. The summed E-state index contributed by atoms with van der Waals surface area (Å²) in [6.07, 6.45) is 3.77. The second-order valence-corrected chi connectivity index (χ2v) is 5.90. The van der Waals surface area contributed by atoms with Gasteiger partial charge in [0.1, 0.15) is 11.6 Å². The smallest absolute Gasteiger partial charge is 0.123 e. The molecule has 3 nitrogen and oxygen atoms in total. The second kappa shape index (κ2) is 5.64. The van der Waals surface area contributed by atoms with Gasteiger partial charge < -0.3 is 10.5 Å². The zero-order valence-electron chi connectivity index (χ0n) is 12.1. The number of hydrogen-bond acceptors (Lipinski definition) is 2. The Labute approximate surface area is 115 Å². The van der Waals surface area contributed by atoms with Gasteiger partial charge in [-0.05, 0) is 49.7 Å². The number of amidine groups is 1. The van der Waals surface area contributed by atoms with E-state index in [1.807, 2.05) is 25.1 Å². The Morgan fingerprint density at radius 2 is 2.00 bits per heavy atom. The maximum Gasteiger partial charge on any atom is 0.123 e. The van der Waals surface area contributed by atoms with Crippen LogP contribution in [0.25, 0.3) is 0 Å². The average Bonchev–Trinajstić information content (AvgIpc) is 2.36. The van der Waals surface area contributed by atoms with Gasteiger partial charge in [0, 0.05) is 5.56 Å². The zero-order chi connectivity index (χ0) is 14.0. The lowest BCUT2D eigenvalue weighted by atomic mass is 9.80. The van der Waals surface area contributed by atoms with Crippen molar-refractivity contribution in [3.05, 3.63) is 29.3 Å². The monoisotopic (exact) mass is 260 g/mol. The molecular weight excluding hydrogens is 236 g/mol. The Bertz CT molecular complexity index is 470. The first-order valence-corrected chi connectivity index (χ1v) is 7.09. The normalized spacial score (nSPS) is 27.0. The Kier molecular flexibility index (Phi) is 4.13. The molecule has 0 aliphatic heterocycles. The molecule has 1 saturated carbocycles. The molecule has 0 spiro atoms. The van der Waals surface area contributed by atoms with Crippen molar-refractivity contribution < 1.29 is 4.74 Å². The van der Waals surface area contributed by atoms with Crippen LogP contribution in [0, 0.1) is 24.2 Å². The van der Waals surface area contributed by atoms with Gasteiger partial charge in [-0.15, -0.1) is 0 Å². The quantitative estimate of drug-likeness (QED) is 0.645. The van der Waals surface area contributed by atoms with Crippen LogP contribution in [-0.4, -0.2) is 11.9 Å². The first-order chi connectivity index (χ1) is 8.97. The van der Waals surface area contributed by atoms with E-state index in [1.54, 1.807) is 0 Å². The minimum absolute atomic E-state index is 0.0930. The molecule has 1 aromatic carbocycles. The molecule has 3 atom stereocenters. The van der Waals surface area contributed by atoms with Crippen LogP contribution >= 0.6 is 0 Å². The van der Waals surface area contributed by atoms with Gasteiger partial charge in [0.25, 0.3) is 0 Å². The van der Waals surface area contributed by atoms with Gasteiger partial charge >= 0.3 is 0 Å². The van der Waals surface area contributed by atoms with Gasteiger partial charge in [-0.25, -0.2) is 0 Å². The second-order valence-electron chi connectivity index (χ2n) is 5.90. The SMILES string of the molecule is Cc1ccc(C(=N)N)cc1OC1CCC(C)C(C)C1. The molecule has 1 aliphatic rings. The van der Waals surface area contributed by atoms with E-state index in [-0.39, 0.29) is 5.84 Å². The highest BCUT2D eigenvalue weighted by molar-refractivity contribution is 5.95. The fraction of sp³-hybridized carbons (Fsp3) is 0.562. The molecule has 0 amide bonds. The molecule has 104 valence electrons. The predicted molar refractivity (Wildman–Crippen MR) is 78.8 cm³/mol. The third kappa shape index (κ3) is 3.28. The van der Waals surface area contributed by atoms with Crippen molar-refractivity contribution in [3.8, 4) is 5.75 Å². The number of hydrogen-bond donors (Lipinski definition) is 2. The number of nitrogens with two attached hydrogens (primary N) is 1. The minimum Gasteiger partial charge on any atom is -0.490 e. The van der Waals surface area contributed by atoms with E-state index in [0.717, 1.165) is 41.6 Å². The number of rotatable bonds is 3. The van der Waals surface area contributed by atoms with E-state index in [0.29, 0.717) is 6.10 Å². The van der Waals surface area contributed by atoms with Crippen molar-refractivity contribution in [3.63, 3.8) is 0 Å². The first-order valence-electron chi connectivity index (χ1n) is 7.09. The highest BCUT2D eigenvalue weighted by Crippen LogP contribution is 2.32. The van der Waals surface area contributed by atoms with Crippen molar-refractivity contribution >= 4 is 5.84 Å². The van der Waals surface area contributed by atoms with E-state index in [9.17, 15) is 0 Å². The van der Waals surface area contributed by atoms with Crippen LogP contribution in [0.4, 0.5) is 0 Å². The number of ether oxygens (including phenoxy) is 1. The average molecular weight is 260 g/mol. The number of nitrogen functional groups attached to an aromatic ring is 1. The van der Waals surface area contributed by atoms with Crippen molar-refractivity contribution in [2.24, 2.45) is 17.6 Å². The molecule has 0 radical (unpaired) electrons. The first kappa shape index (κ1) is 13.9. The molecule has 3 heteroatoms. The predicted octanol–water partition coefficient (Wildman–Crippen LogP) is 3.48. The highest BCUT2D eigenvalue weighted by atomic mass is 16.5. The van der Waals surface area contributed by atoms with Gasteiger partial charge in [0.2, 0.25) is 0 Å². The van der Waals surface area contributed by atoms with Gasteiger partial charge in [0.05, 0.1) is 6.10 Å². The Morgan fingerprint density at radius 3 is 2.63 bits per heavy atom. The lowest BCUT2D eigenvalue weighted by Crippen LogP contribution is -2.29. The van der Waals surface area contributed by atoms with Crippen LogP contribution in [0.5, 0.6) is 5.75 Å². The van der Waals surface area contributed by atoms with E-state index < -0.39 is 0 Å². The summed E-state index contributed by atoms with van der Waals surface area (Å²) in [4.78, 5) is 0. The summed E-state index contributed by atoms with van der Waals surface area (Å²) in [6, 6.07) is 5.73. The van der Waals surface area contributed by atoms with E-state index >= 15 is 0 Å². The fourth-order valence-electron chi connectivity index (χ4n) is 2.68. The van der Waals surface area contributed by atoms with Crippen LogP contribution in [0.15, 0.2) is 18.2 Å². The van der Waals surface area contributed by atoms with Crippen molar-refractivity contribution in [2.75, 3.05) is 0 Å². The van der Waals surface area contributed by atoms with Crippen molar-refractivity contribution in [1.29, 1.82) is 5.41 Å². The summed E-state index contributed by atoms with van der Waals surface area (Å²) in [5.41, 5.74) is 7.38. The summed E-state index contributed by atoms with van der Waals surface area (Å²) in [7, 11) is 0. The van der Waals surface area contributed by atoms with E-state index in [2.05, 4.69) is 13.8 Å². The third-order valence-electron chi connectivity index (χ3n) is 4.34. The zero-order valence-corrected chi connectivity index (χ0v) is 12.1. The molecule has 0 bridgehead atoms. The van der Waals surface area contributed by atoms with Crippen LogP contribution in [0.1, 0.15) is 44.2 Å². The lowest BCUT2D eigenvalue weighted by Gasteiger charge is -2.32. The number of benzene rings is 1. The van der Waals surface area contributed by atoms with Gasteiger partial charge in [0.15, 0.2) is 0 Å². The molecule has 2 rings (SSSR count). The topological polar surface area (TPSA) is 59.1 Å². The molecule has 1 aliphatic carbocycles. The Hall–Kier alpha value is -1.51. The molecule has 0 heterocycles. The maximum atomic E-state index is 7.50. The summed E-state index contributed by atoms with van der Waals surface area (Å²) in [6.45, 7) is 6.66. The molecule has 0 saturated heterocycles. The maximum absolute atomic E-state index is 7.50. The fourth-order valence-corrected chi connectivity index (χ4v) is 2.68. The van der Waals surface area contributed by atoms with Gasteiger partial charge in [-0.1, -0.05) is 26.0 Å². The van der Waals surface area contributed by atoms with Gasteiger partial charge in [-0.2, -0.15) is 0 Å². The molecular formula is C16H24N2O. The Balaban J connectivity index is 2.10. The lowest BCUT2D eigenvalue weighted by molar-refractivity contribution is 0.0999. The molecule has 0 aromatic heterocycles. The summed E-state index contributed by atoms with van der Waals surface area (Å²) in [5.74, 6) is 2.48. The van der Waals surface area contributed by atoms with Crippen LogP contribution in [-0.2, 0) is 0 Å². The number of nitrogens with one attached hydrogen (secondary N) is 1. The van der Waals surface area contributed by atoms with Crippen molar-refractivity contribution in [1.82, 2.24) is 0 Å². The molecule has 3 N–H and O–H groups in total. The van der Waals surface area contributed by atoms with E-state index in [1.165, 1.54) is 6.42 Å². The molecule has 19 heavy (non-hydrogen) atoms. The Morgan fingerprint density at radius 1 is 1.26 bits per heavy atom. The van der Waals surface area contributed by atoms with Crippen LogP contribution in [0.3, 0.4) is 0 Å². The van der Waals surface area contributed by atoms with E-state index in [4.69, 9.17) is 15.9 Å². The van der Waals surface area contributed by atoms with Crippen molar-refractivity contribution in [2.45, 2.75) is 46.1 Å². The van der Waals surface area contributed by atoms with Gasteiger partial charge in [-0.3, -0.25) is 5.41 Å². The summed E-state index contributed by atoms with van der Waals surface area (Å²) >= 11 is 0.